The number of aliphatic hydroxyl groups excluding tert-OH is 1. The molecule has 2 aliphatic heterocycles. The van der Waals surface area contributed by atoms with Crippen LogP contribution in [-0.2, 0) is 11.3 Å². The largest absolute Gasteiger partial charge is 0.467 e. The first-order valence-corrected chi connectivity index (χ1v) is 9.14. The first kappa shape index (κ1) is 17.9. The lowest BCUT2D eigenvalue weighted by Crippen LogP contribution is -2.55. The lowest BCUT2D eigenvalue weighted by molar-refractivity contribution is -0.00878. The van der Waals surface area contributed by atoms with Gasteiger partial charge in [-0.2, -0.15) is 0 Å². The predicted molar refractivity (Wildman–Crippen MR) is 92.9 cm³/mol. The lowest BCUT2D eigenvalue weighted by Gasteiger charge is -2.43. The van der Waals surface area contributed by atoms with Gasteiger partial charge >= 0.3 is 0 Å². The van der Waals surface area contributed by atoms with Gasteiger partial charge in [-0.1, -0.05) is 0 Å². The molecular formula is C18H31N3O3. The van der Waals surface area contributed by atoms with E-state index in [1.807, 2.05) is 12.1 Å². The van der Waals surface area contributed by atoms with E-state index in [9.17, 15) is 5.11 Å². The van der Waals surface area contributed by atoms with Crippen LogP contribution < -0.4 is 0 Å². The van der Waals surface area contributed by atoms with Crippen LogP contribution in [-0.4, -0.2) is 91.4 Å². The highest BCUT2D eigenvalue weighted by atomic mass is 16.5. The zero-order valence-corrected chi connectivity index (χ0v) is 14.8. The molecule has 1 N–H and O–H groups in total. The molecule has 2 fully saturated rings. The minimum Gasteiger partial charge on any atom is -0.467 e. The van der Waals surface area contributed by atoms with Gasteiger partial charge in [0.1, 0.15) is 12.4 Å². The summed E-state index contributed by atoms with van der Waals surface area (Å²) in [4.78, 5) is 7.43. The Morgan fingerprint density at radius 1 is 1.29 bits per heavy atom. The number of hydrogen-bond acceptors (Lipinski definition) is 6. The van der Waals surface area contributed by atoms with Gasteiger partial charge in [0.05, 0.1) is 19.0 Å². The van der Waals surface area contributed by atoms with Gasteiger partial charge < -0.3 is 19.2 Å². The quantitative estimate of drug-likeness (QED) is 0.797. The van der Waals surface area contributed by atoms with Gasteiger partial charge in [0.15, 0.2) is 0 Å². The Hall–Kier alpha value is -0.920. The Morgan fingerprint density at radius 2 is 2.12 bits per heavy atom. The van der Waals surface area contributed by atoms with Crippen molar-refractivity contribution in [3.63, 3.8) is 0 Å². The number of aliphatic hydroxyl groups is 1. The van der Waals surface area contributed by atoms with E-state index in [-0.39, 0.29) is 0 Å². The van der Waals surface area contributed by atoms with Crippen LogP contribution in [0.3, 0.4) is 0 Å². The van der Waals surface area contributed by atoms with Crippen LogP contribution in [0.2, 0.25) is 0 Å². The molecule has 136 valence electrons. The van der Waals surface area contributed by atoms with Crippen LogP contribution in [0.4, 0.5) is 0 Å². The van der Waals surface area contributed by atoms with Crippen molar-refractivity contribution < 1.29 is 14.3 Å². The molecule has 3 heterocycles. The normalized spacial score (nSPS) is 25.8. The number of nitrogens with zero attached hydrogens (tertiary/aromatic N) is 3. The highest BCUT2D eigenvalue weighted by Crippen LogP contribution is 2.16. The van der Waals surface area contributed by atoms with E-state index in [1.165, 1.54) is 25.9 Å². The molecule has 0 spiro atoms. The molecule has 6 heteroatoms. The summed E-state index contributed by atoms with van der Waals surface area (Å²) in [5, 5.41) is 10.2. The van der Waals surface area contributed by atoms with Crippen LogP contribution in [0.25, 0.3) is 0 Å². The van der Waals surface area contributed by atoms with Crippen molar-refractivity contribution in [1.82, 2.24) is 14.7 Å². The molecule has 0 bridgehead atoms. The first-order chi connectivity index (χ1) is 11.7. The Morgan fingerprint density at radius 3 is 2.83 bits per heavy atom. The summed E-state index contributed by atoms with van der Waals surface area (Å²) in [7, 11) is 2.22. The molecule has 2 atom stereocenters. The van der Waals surface area contributed by atoms with Crippen LogP contribution in [0, 0.1) is 0 Å². The van der Waals surface area contributed by atoms with Crippen LogP contribution in [0.15, 0.2) is 22.8 Å². The maximum Gasteiger partial charge on any atom is 0.129 e. The lowest BCUT2D eigenvalue weighted by atomic mass is 10.0. The number of furan rings is 1. The molecule has 1 aromatic heterocycles. The summed E-state index contributed by atoms with van der Waals surface area (Å²) in [6.45, 7) is 8.20. The van der Waals surface area contributed by atoms with Crippen molar-refractivity contribution in [2.75, 3.05) is 59.5 Å². The number of likely N-dealkylation sites (N-methyl/N-ethyl adjacent to an activating group) is 1. The number of ether oxygens (including phenoxy) is 1. The van der Waals surface area contributed by atoms with Crippen molar-refractivity contribution in [3.05, 3.63) is 24.2 Å². The van der Waals surface area contributed by atoms with E-state index in [0.717, 1.165) is 31.9 Å². The molecule has 0 aliphatic carbocycles. The maximum absolute atomic E-state index is 10.2. The van der Waals surface area contributed by atoms with E-state index in [4.69, 9.17) is 9.15 Å². The van der Waals surface area contributed by atoms with Crippen molar-refractivity contribution >= 4 is 0 Å². The molecule has 0 saturated carbocycles. The first-order valence-electron chi connectivity index (χ1n) is 9.14. The summed E-state index contributed by atoms with van der Waals surface area (Å²) in [5.41, 5.74) is 0. The van der Waals surface area contributed by atoms with E-state index < -0.39 is 6.10 Å². The minimum atomic E-state index is -0.438. The number of piperazine rings is 1. The summed E-state index contributed by atoms with van der Waals surface area (Å²) in [5.74, 6) is 0.799. The van der Waals surface area contributed by atoms with Crippen molar-refractivity contribution in [2.45, 2.75) is 31.6 Å². The zero-order chi connectivity index (χ0) is 16.8. The molecule has 1 aromatic rings. The molecule has 0 radical (unpaired) electrons. The van der Waals surface area contributed by atoms with Crippen LogP contribution >= 0.6 is 0 Å². The highest BCUT2D eigenvalue weighted by molar-refractivity contribution is 4.96. The van der Waals surface area contributed by atoms with Crippen molar-refractivity contribution in [2.24, 2.45) is 0 Å². The average molecular weight is 337 g/mol. The zero-order valence-electron chi connectivity index (χ0n) is 14.8. The van der Waals surface area contributed by atoms with Crippen LogP contribution in [0.1, 0.15) is 18.6 Å². The predicted octanol–water partition coefficient (Wildman–Crippen LogP) is 0.869. The van der Waals surface area contributed by atoms with Gasteiger partial charge in [0.2, 0.25) is 0 Å². The third-order valence-electron chi connectivity index (χ3n) is 5.13. The van der Waals surface area contributed by atoms with Crippen molar-refractivity contribution in [3.8, 4) is 0 Å². The molecule has 6 nitrogen and oxygen atoms in total. The SMILES string of the molecule is CN1CCCC(N2CCN(CC(O)COCc3ccco3)CC2)C1. The van der Waals surface area contributed by atoms with E-state index >= 15 is 0 Å². The Kier molecular flexibility index (Phi) is 6.68. The van der Waals surface area contributed by atoms with Gasteiger partial charge in [0, 0.05) is 45.3 Å². The monoisotopic (exact) mass is 337 g/mol. The molecular weight excluding hydrogens is 306 g/mol. The van der Waals surface area contributed by atoms with Crippen molar-refractivity contribution in [1.29, 1.82) is 0 Å². The van der Waals surface area contributed by atoms with Crippen LogP contribution in [0.5, 0.6) is 0 Å². The van der Waals surface area contributed by atoms with E-state index in [0.29, 0.717) is 25.8 Å². The fourth-order valence-electron chi connectivity index (χ4n) is 3.79. The number of rotatable bonds is 7. The van der Waals surface area contributed by atoms with Gasteiger partial charge in [-0.3, -0.25) is 9.80 Å². The van der Waals surface area contributed by atoms with Gasteiger partial charge in [-0.05, 0) is 38.6 Å². The second kappa shape index (κ2) is 8.97. The Balaban J connectivity index is 1.31. The molecule has 0 aromatic carbocycles. The molecule has 2 saturated heterocycles. The summed E-state index contributed by atoms with van der Waals surface area (Å²) < 4.78 is 10.7. The number of likely N-dealkylation sites (tertiary alicyclic amines) is 1. The molecule has 3 rings (SSSR count). The van der Waals surface area contributed by atoms with Gasteiger partial charge in [-0.25, -0.2) is 0 Å². The Labute approximate surface area is 145 Å². The topological polar surface area (TPSA) is 52.3 Å². The summed E-state index contributed by atoms with van der Waals surface area (Å²) in [6, 6.07) is 4.44. The molecule has 2 unspecified atom stereocenters. The molecule has 0 amide bonds. The number of hydrogen-bond donors (Lipinski definition) is 1. The second-order valence-corrected chi connectivity index (χ2v) is 7.14. The second-order valence-electron chi connectivity index (χ2n) is 7.14. The van der Waals surface area contributed by atoms with E-state index in [2.05, 4.69) is 21.7 Å². The molecule has 24 heavy (non-hydrogen) atoms. The summed E-state index contributed by atoms with van der Waals surface area (Å²) in [6.07, 6.45) is 3.84. The highest BCUT2D eigenvalue weighted by Gasteiger charge is 2.27. The smallest absolute Gasteiger partial charge is 0.129 e. The fourth-order valence-corrected chi connectivity index (χ4v) is 3.79. The minimum absolute atomic E-state index is 0.355. The standard InChI is InChI=1S/C18H31N3O3/c1-19-6-2-4-16(12-19)21-9-7-20(8-10-21)13-17(22)14-23-15-18-5-3-11-24-18/h3,5,11,16-17,22H,2,4,6-10,12-15H2,1H3. The third kappa shape index (κ3) is 5.29. The Bertz CT molecular complexity index is 460. The van der Waals surface area contributed by atoms with E-state index in [1.54, 1.807) is 6.26 Å². The molecule has 2 aliphatic rings. The maximum atomic E-state index is 10.2. The third-order valence-corrected chi connectivity index (χ3v) is 5.13. The van der Waals surface area contributed by atoms with Gasteiger partial charge in [-0.15, -0.1) is 0 Å². The number of piperidine rings is 1. The summed E-state index contributed by atoms with van der Waals surface area (Å²) >= 11 is 0. The van der Waals surface area contributed by atoms with Gasteiger partial charge in [0.25, 0.3) is 0 Å². The average Bonchev–Trinajstić information content (AvgIpc) is 3.09. The number of β-amino-alcohol motifs (C(OH)–C–C–N with tert-alkyl or cyclic N) is 1. The fraction of sp³-hybridized carbons (Fsp3) is 0.778.